The molecule has 1 saturated heterocycles. The highest BCUT2D eigenvalue weighted by atomic mass is 32.2. The van der Waals surface area contributed by atoms with Crippen LogP contribution in [0.2, 0.25) is 0 Å². The third-order valence-electron chi connectivity index (χ3n) is 5.38. The van der Waals surface area contributed by atoms with E-state index in [0.29, 0.717) is 29.0 Å². The quantitative estimate of drug-likeness (QED) is 0.583. The number of nitrogens with one attached hydrogen (secondary N) is 2. The van der Waals surface area contributed by atoms with Crippen molar-refractivity contribution < 1.29 is 22.7 Å². The van der Waals surface area contributed by atoms with E-state index in [2.05, 4.69) is 10.6 Å². The Bertz CT molecular complexity index is 1280. The van der Waals surface area contributed by atoms with Crippen LogP contribution >= 0.6 is 0 Å². The first-order valence-corrected chi connectivity index (χ1v) is 12.0. The first kappa shape index (κ1) is 22.0. The molecule has 2 aromatic carbocycles. The summed E-state index contributed by atoms with van der Waals surface area (Å²) in [5, 5.41) is 5.58. The molecule has 0 radical (unpaired) electrons. The molecule has 1 aromatic heterocycles. The number of carbonyl (C=O) groups is 2. The summed E-state index contributed by atoms with van der Waals surface area (Å²) in [5.74, 6) is -0.1000. The average molecular weight is 457 g/mol. The Morgan fingerprint density at radius 3 is 2.62 bits per heavy atom. The Kier molecular flexibility index (Phi) is 5.98. The van der Waals surface area contributed by atoms with Gasteiger partial charge in [-0.3, -0.25) is 9.59 Å². The molecule has 0 saturated carbocycles. The van der Waals surface area contributed by atoms with Gasteiger partial charge in [0, 0.05) is 31.3 Å². The van der Waals surface area contributed by atoms with Gasteiger partial charge in [0.05, 0.1) is 28.2 Å². The van der Waals surface area contributed by atoms with Gasteiger partial charge in [-0.25, -0.2) is 13.4 Å². The molecular formula is C22H24N4O5S. The van der Waals surface area contributed by atoms with Gasteiger partial charge in [0.2, 0.25) is 5.91 Å². The van der Waals surface area contributed by atoms with Crippen molar-refractivity contribution in [1.82, 2.24) is 14.9 Å². The largest absolute Gasteiger partial charge is 0.375 e. The number of fused-ring (bicyclic) bond motifs is 1. The molecule has 0 unspecified atom stereocenters. The molecule has 1 aliphatic heterocycles. The predicted molar refractivity (Wildman–Crippen MR) is 121 cm³/mol. The molecule has 10 heteroatoms. The van der Waals surface area contributed by atoms with Crippen molar-refractivity contribution in [2.45, 2.75) is 12.5 Å². The number of carbonyl (C=O) groups excluding carboxylic acids is 2. The zero-order valence-electron chi connectivity index (χ0n) is 17.8. The van der Waals surface area contributed by atoms with Crippen LogP contribution in [-0.4, -0.2) is 61.0 Å². The first-order chi connectivity index (χ1) is 15.3. The summed E-state index contributed by atoms with van der Waals surface area (Å²) >= 11 is 0. The van der Waals surface area contributed by atoms with Crippen molar-refractivity contribution in [3.8, 4) is 11.4 Å². The lowest BCUT2D eigenvalue weighted by atomic mass is 10.1. The van der Waals surface area contributed by atoms with Gasteiger partial charge in [0.1, 0.15) is 12.4 Å². The second kappa shape index (κ2) is 8.71. The molecule has 1 atom stereocenters. The molecule has 168 valence electrons. The fourth-order valence-electron chi connectivity index (χ4n) is 3.92. The number of sulfone groups is 1. The number of amides is 2. The van der Waals surface area contributed by atoms with Gasteiger partial charge in [-0.15, -0.1) is 0 Å². The maximum absolute atomic E-state index is 12.9. The van der Waals surface area contributed by atoms with Crippen LogP contribution in [-0.2, 0) is 26.4 Å². The predicted octanol–water partition coefficient (Wildman–Crippen LogP) is 1.74. The van der Waals surface area contributed by atoms with Crippen molar-refractivity contribution in [1.29, 1.82) is 0 Å². The van der Waals surface area contributed by atoms with E-state index >= 15 is 0 Å². The summed E-state index contributed by atoms with van der Waals surface area (Å²) in [6.07, 6.45) is 0.384. The zero-order valence-corrected chi connectivity index (χ0v) is 18.6. The maximum atomic E-state index is 12.9. The smallest absolute Gasteiger partial charge is 0.251 e. The highest BCUT2D eigenvalue weighted by molar-refractivity contribution is 7.91. The van der Waals surface area contributed by atoms with Crippen LogP contribution in [0.15, 0.2) is 42.5 Å². The number of aryl methyl sites for hydroxylation is 1. The van der Waals surface area contributed by atoms with Crippen molar-refractivity contribution in [2.24, 2.45) is 7.05 Å². The second-order valence-electron chi connectivity index (χ2n) is 7.81. The summed E-state index contributed by atoms with van der Waals surface area (Å²) in [6.45, 7) is -0.138. The molecule has 0 aliphatic carbocycles. The fraction of sp³-hybridized carbons (Fsp3) is 0.318. The minimum absolute atomic E-state index is 0.0655. The first-order valence-electron chi connectivity index (χ1n) is 10.1. The fourth-order valence-corrected chi connectivity index (χ4v) is 5.59. The van der Waals surface area contributed by atoms with E-state index < -0.39 is 21.8 Å². The molecule has 1 aliphatic rings. The van der Waals surface area contributed by atoms with Crippen LogP contribution in [0, 0.1) is 0 Å². The Morgan fingerprint density at radius 2 is 1.97 bits per heavy atom. The minimum atomic E-state index is -3.12. The van der Waals surface area contributed by atoms with Crippen LogP contribution in [0.25, 0.3) is 22.4 Å². The maximum Gasteiger partial charge on any atom is 0.251 e. The number of hydrogen-bond donors (Lipinski definition) is 2. The standard InChI is InChI=1S/C22H24N4O5S/c1-26-20-17(24-19(27)12-31-2)10-15(22(28)23-16-8-9-32(29,30)13-16)11-18(20)25-21(26)14-6-4-3-5-7-14/h3-7,10-11,16H,8-9,12-13H2,1-2H3,(H,23,28)(H,24,27)/t16-/m1/s1. The van der Waals surface area contributed by atoms with Gasteiger partial charge in [0.25, 0.3) is 5.91 Å². The van der Waals surface area contributed by atoms with Crippen molar-refractivity contribution in [2.75, 3.05) is 30.5 Å². The van der Waals surface area contributed by atoms with Crippen LogP contribution in [0.5, 0.6) is 0 Å². The van der Waals surface area contributed by atoms with E-state index in [-0.39, 0.29) is 29.6 Å². The number of anilines is 1. The lowest BCUT2D eigenvalue weighted by Crippen LogP contribution is -2.35. The van der Waals surface area contributed by atoms with Crippen LogP contribution in [0.4, 0.5) is 5.69 Å². The summed E-state index contributed by atoms with van der Waals surface area (Å²) in [7, 11) is 0.140. The normalized spacial score (nSPS) is 17.4. The monoisotopic (exact) mass is 456 g/mol. The number of benzene rings is 2. The molecule has 32 heavy (non-hydrogen) atoms. The third kappa shape index (κ3) is 4.51. The van der Waals surface area contributed by atoms with Gasteiger partial charge < -0.3 is 19.9 Å². The van der Waals surface area contributed by atoms with Crippen LogP contribution in [0.3, 0.4) is 0 Å². The Labute approximate surface area is 185 Å². The molecule has 2 N–H and O–H groups in total. The summed E-state index contributed by atoms with van der Waals surface area (Å²) in [5.41, 5.74) is 2.79. The van der Waals surface area contributed by atoms with Crippen molar-refractivity contribution >= 4 is 38.4 Å². The van der Waals surface area contributed by atoms with Crippen LogP contribution < -0.4 is 10.6 Å². The number of hydrogen-bond acceptors (Lipinski definition) is 6. The number of aromatic nitrogens is 2. The Balaban J connectivity index is 1.75. The minimum Gasteiger partial charge on any atom is -0.375 e. The summed E-state index contributed by atoms with van der Waals surface area (Å²) in [4.78, 5) is 29.8. The molecule has 1 fully saturated rings. The molecule has 2 heterocycles. The topological polar surface area (TPSA) is 119 Å². The molecule has 0 bridgehead atoms. The van der Waals surface area contributed by atoms with Gasteiger partial charge >= 0.3 is 0 Å². The molecule has 4 rings (SSSR count). The number of ether oxygens (including phenoxy) is 1. The van der Waals surface area contributed by atoms with Crippen molar-refractivity contribution in [3.63, 3.8) is 0 Å². The zero-order chi connectivity index (χ0) is 22.9. The SMILES string of the molecule is COCC(=O)Nc1cc(C(=O)N[C@@H]2CCS(=O)(=O)C2)cc2nc(-c3ccccc3)n(C)c12. The van der Waals surface area contributed by atoms with Gasteiger partial charge in [-0.05, 0) is 18.6 Å². The van der Waals surface area contributed by atoms with Gasteiger partial charge in [0.15, 0.2) is 9.84 Å². The Hall–Kier alpha value is -3.24. The summed E-state index contributed by atoms with van der Waals surface area (Å²) < 4.78 is 30.2. The highest BCUT2D eigenvalue weighted by Crippen LogP contribution is 2.30. The number of nitrogens with zero attached hydrogens (tertiary/aromatic N) is 2. The Morgan fingerprint density at radius 1 is 1.22 bits per heavy atom. The van der Waals surface area contributed by atoms with Gasteiger partial charge in [-0.2, -0.15) is 0 Å². The second-order valence-corrected chi connectivity index (χ2v) is 10.0. The van der Waals surface area contributed by atoms with E-state index in [1.165, 1.54) is 7.11 Å². The van der Waals surface area contributed by atoms with E-state index in [4.69, 9.17) is 9.72 Å². The highest BCUT2D eigenvalue weighted by Gasteiger charge is 2.29. The van der Waals surface area contributed by atoms with Crippen LogP contribution in [0.1, 0.15) is 16.8 Å². The third-order valence-corrected chi connectivity index (χ3v) is 7.15. The molecule has 0 spiro atoms. The summed E-state index contributed by atoms with van der Waals surface area (Å²) in [6, 6.07) is 12.4. The molecule has 3 aromatic rings. The molecular weight excluding hydrogens is 432 g/mol. The lowest BCUT2D eigenvalue weighted by molar-refractivity contribution is -0.119. The average Bonchev–Trinajstić information content (AvgIpc) is 3.27. The van der Waals surface area contributed by atoms with E-state index in [9.17, 15) is 18.0 Å². The number of methoxy groups -OCH3 is 1. The van der Waals surface area contributed by atoms with E-state index in [0.717, 1.165) is 5.56 Å². The molecule has 9 nitrogen and oxygen atoms in total. The molecule has 2 amide bonds. The van der Waals surface area contributed by atoms with Crippen molar-refractivity contribution in [3.05, 3.63) is 48.0 Å². The van der Waals surface area contributed by atoms with E-state index in [1.807, 2.05) is 41.9 Å². The van der Waals surface area contributed by atoms with E-state index in [1.54, 1.807) is 12.1 Å². The van der Waals surface area contributed by atoms with Gasteiger partial charge in [-0.1, -0.05) is 30.3 Å². The number of imidazole rings is 1. The lowest BCUT2D eigenvalue weighted by Gasteiger charge is -2.13. The number of rotatable bonds is 6.